The number of aliphatic carboxylic acids is 1. The van der Waals surface area contributed by atoms with Gasteiger partial charge in [-0.2, -0.15) is 4.98 Å². The summed E-state index contributed by atoms with van der Waals surface area (Å²) in [7, 11) is 1.65. The molecule has 3 aromatic rings. The molecule has 1 aliphatic rings. The Labute approximate surface area is 243 Å². The average molecular weight is 584 g/mol. The molecule has 1 aliphatic carbocycles. The number of carbonyl (C=O) groups is 2. The molecule has 42 heavy (non-hydrogen) atoms. The Balaban J connectivity index is 1.63. The summed E-state index contributed by atoms with van der Waals surface area (Å²) in [5.74, 6) is -4.92. The van der Waals surface area contributed by atoms with Gasteiger partial charge in [-0.15, -0.1) is 0 Å². The number of nitrogens with zero attached hydrogens (tertiary/aromatic N) is 1. The van der Waals surface area contributed by atoms with Gasteiger partial charge in [0, 0.05) is 32.2 Å². The molecular formula is C31H35F2N3O6. The van der Waals surface area contributed by atoms with Gasteiger partial charge in [0.05, 0.1) is 6.10 Å². The molecule has 0 spiro atoms. The summed E-state index contributed by atoms with van der Waals surface area (Å²) in [5.41, 5.74) is 8.92. The van der Waals surface area contributed by atoms with Crippen LogP contribution in [0.4, 0.5) is 8.78 Å². The third kappa shape index (κ3) is 7.80. The molecule has 0 radical (unpaired) electrons. The first kappa shape index (κ1) is 30.9. The number of rotatable bonds is 12. The molecule has 1 aromatic heterocycles. The first-order chi connectivity index (χ1) is 20.2. The molecule has 2 aromatic carbocycles. The number of benzene rings is 2. The lowest BCUT2D eigenvalue weighted by atomic mass is 9.86. The molecule has 1 amide bonds. The van der Waals surface area contributed by atoms with E-state index >= 15 is 0 Å². The normalized spacial score (nSPS) is 17.4. The van der Waals surface area contributed by atoms with Crippen LogP contribution >= 0.6 is 0 Å². The van der Waals surface area contributed by atoms with Gasteiger partial charge in [0.15, 0.2) is 17.7 Å². The van der Waals surface area contributed by atoms with Gasteiger partial charge in [0.2, 0.25) is 5.91 Å². The number of methoxy groups -OCH3 is 1. The summed E-state index contributed by atoms with van der Waals surface area (Å²) in [6.45, 7) is 2.06. The number of carboxylic acid groups (broad SMARTS) is 1. The fourth-order valence-electron chi connectivity index (χ4n) is 4.94. The average Bonchev–Trinajstić information content (AvgIpc) is 3.00. The zero-order valence-corrected chi connectivity index (χ0v) is 23.6. The van der Waals surface area contributed by atoms with Gasteiger partial charge in [-0.3, -0.25) is 4.79 Å². The van der Waals surface area contributed by atoms with E-state index in [-0.39, 0.29) is 36.6 Å². The number of amides is 1. The van der Waals surface area contributed by atoms with E-state index < -0.39 is 35.5 Å². The summed E-state index contributed by atoms with van der Waals surface area (Å²) in [6.07, 6.45) is 2.01. The zero-order chi connectivity index (χ0) is 30.2. The number of hydrogen-bond acceptors (Lipinski definition) is 7. The molecule has 224 valence electrons. The van der Waals surface area contributed by atoms with E-state index in [1.807, 2.05) is 30.3 Å². The molecule has 3 atom stereocenters. The minimum Gasteiger partial charge on any atom is -0.479 e. The van der Waals surface area contributed by atoms with E-state index in [9.17, 15) is 23.5 Å². The fourth-order valence-corrected chi connectivity index (χ4v) is 4.94. The quantitative estimate of drug-likeness (QED) is 0.260. The van der Waals surface area contributed by atoms with Crippen molar-refractivity contribution >= 4 is 11.9 Å². The van der Waals surface area contributed by atoms with Crippen LogP contribution in [-0.4, -0.2) is 41.3 Å². The van der Waals surface area contributed by atoms with E-state index in [2.05, 4.69) is 10.3 Å². The molecule has 0 bridgehead atoms. The summed E-state index contributed by atoms with van der Waals surface area (Å²) in [4.78, 5) is 28.1. The number of nitrogens with one attached hydrogen (secondary N) is 1. The first-order valence-electron chi connectivity index (χ1n) is 13.9. The maximum absolute atomic E-state index is 14.8. The van der Waals surface area contributed by atoms with Crippen LogP contribution in [0.2, 0.25) is 0 Å². The Morgan fingerprint density at radius 1 is 1.07 bits per heavy atom. The van der Waals surface area contributed by atoms with Crippen LogP contribution in [0.1, 0.15) is 50.2 Å². The minimum atomic E-state index is -1.37. The lowest BCUT2D eigenvalue weighted by molar-refractivity contribution is -0.145. The standard InChI is InChI=1S/C31H35F2N3O6/c1-3-27(31(38)39)42-30-26(33)15-25(32)29(36-30)41-24-12-19(11-22(14-24)20-7-4-6-18(10-20)16-34)17-35-28(37)21-8-5-9-23(13-21)40-2/h4,6-7,10-12,14-15,21,23,27H,3,5,8-9,13,16-17,34H2,1-2H3,(H,35,37)(H,38,39). The van der Waals surface area contributed by atoms with Crippen LogP contribution in [0.15, 0.2) is 48.5 Å². The molecule has 1 heterocycles. The lowest BCUT2D eigenvalue weighted by Gasteiger charge is -2.27. The van der Waals surface area contributed by atoms with Crippen molar-refractivity contribution in [2.75, 3.05) is 7.11 Å². The van der Waals surface area contributed by atoms with E-state index in [1.165, 1.54) is 0 Å². The van der Waals surface area contributed by atoms with Gasteiger partial charge in [0.25, 0.3) is 11.8 Å². The summed E-state index contributed by atoms with van der Waals surface area (Å²) >= 11 is 0. The van der Waals surface area contributed by atoms with Crippen molar-refractivity contribution in [3.63, 3.8) is 0 Å². The molecular weight excluding hydrogens is 548 g/mol. The van der Waals surface area contributed by atoms with E-state index in [1.54, 1.807) is 26.2 Å². The predicted octanol–water partition coefficient (Wildman–Crippen LogP) is 5.34. The molecule has 0 saturated heterocycles. The smallest absolute Gasteiger partial charge is 0.344 e. The maximum Gasteiger partial charge on any atom is 0.344 e. The number of hydrogen-bond donors (Lipinski definition) is 3. The lowest BCUT2D eigenvalue weighted by Crippen LogP contribution is -2.35. The van der Waals surface area contributed by atoms with Gasteiger partial charge >= 0.3 is 5.97 Å². The van der Waals surface area contributed by atoms with Crippen molar-refractivity contribution in [1.82, 2.24) is 10.3 Å². The van der Waals surface area contributed by atoms with Gasteiger partial charge < -0.3 is 30.4 Å². The van der Waals surface area contributed by atoms with Crippen molar-refractivity contribution in [2.45, 2.75) is 64.3 Å². The Morgan fingerprint density at radius 3 is 2.55 bits per heavy atom. The SMILES string of the molecule is CCC(Oc1nc(Oc2cc(CNC(=O)C3CCCC(OC)C3)cc(-c3cccc(CN)c3)c2)c(F)cc1F)C(=O)O. The third-order valence-electron chi connectivity index (χ3n) is 7.24. The monoisotopic (exact) mass is 583 g/mol. The molecule has 3 unspecified atom stereocenters. The zero-order valence-electron chi connectivity index (χ0n) is 23.6. The van der Waals surface area contributed by atoms with Gasteiger partial charge in [-0.05, 0) is 72.2 Å². The number of nitrogens with two attached hydrogens (primary N) is 1. The van der Waals surface area contributed by atoms with Gasteiger partial charge in [0.1, 0.15) is 5.75 Å². The summed E-state index contributed by atoms with van der Waals surface area (Å²) in [6, 6.07) is 13.2. The maximum atomic E-state index is 14.8. The largest absolute Gasteiger partial charge is 0.479 e. The second-order valence-corrected chi connectivity index (χ2v) is 10.2. The van der Waals surface area contributed by atoms with E-state index in [0.29, 0.717) is 30.2 Å². The topological polar surface area (TPSA) is 133 Å². The van der Waals surface area contributed by atoms with Crippen molar-refractivity contribution in [1.29, 1.82) is 0 Å². The van der Waals surface area contributed by atoms with Crippen LogP contribution < -0.4 is 20.5 Å². The van der Waals surface area contributed by atoms with Crippen LogP contribution in [0.5, 0.6) is 17.5 Å². The Bertz CT molecular complexity index is 1420. The first-order valence-corrected chi connectivity index (χ1v) is 13.9. The highest BCUT2D eigenvalue weighted by molar-refractivity contribution is 5.79. The minimum absolute atomic E-state index is 0.0377. The van der Waals surface area contributed by atoms with Crippen molar-refractivity contribution < 1.29 is 37.7 Å². The Hall–Kier alpha value is -4.09. The number of pyridine rings is 1. The van der Waals surface area contributed by atoms with Crippen molar-refractivity contribution in [2.24, 2.45) is 11.7 Å². The van der Waals surface area contributed by atoms with Crippen molar-refractivity contribution in [3.05, 3.63) is 71.3 Å². The van der Waals surface area contributed by atoms with Crippen LogP contribution in [0, 0.1) is 17.6 Å². The summed E-state index contributed by atoms with van der Waals surface area (Å²) < 4.78 is 45.5. The highest BCUT2D eigenvalue weighted by Gasteiger charge is 2.27. The van der Waals surface area contributed by atoms with Crippen LogP contribution in [0.25, 0.3) is 11.1 Å². The summed E-state index contributed by atoms with van der Waals surface area (Å²) in [5, 5.41) is 12.3. The van der Waals surface area contributed by atoms with Crippen molar-refractivity contribution in [3.8, 4) is 28.6 Å². The van der Waals surface area contributed by atoms with Gasteiger partial charge in [-0.1, -0.05) is 31.5 Å². The predicted molar refractivity (Wildman–Crippen MR) is 151 cm³/mol. The fraction of sp³-hybridized carbons (Fsp3) is 0.387. The van der Waals surface area contributed by atoms with Crippen LogP contribution in [-0.2, 0) is 27.4 Å². The number of carbonyl (C=O) groups excluding carboxylic acids is 1. The third-order valence-corrected chi connectivity index (χ3v) is 7.24. The van der Waals surface area contributed by atoms with Crippen LogP contribution in [0.3, 0.4) is 0 Å². The second-order valence-electron chi connectivity index (χ2n) is 10.2. The van der Waals surface area contributed by atoms with E-state index in [4.69, 9.17) is 19.9 Å². The van der Waals surface area contributed by atoms with E-state index in [0.717, 1.165) is 30.4 Å². The highest BCUT2D eigenvalue weighted by atomic mass is 19.1. The van der Waals surface area contributed by atoms with Gasteiger partial charge in [-0.25, -0.2) is 13.6 Å². The molecule has 11 heteroatoms. The molecule has 9 nitrogen and oxygen atoms in total. The number of aromatic nitrogens is 1. The number of ether oxygens (including phenoxy) is 3. The Kier molecular flexibility index (Phi) is 10.4. The molecule has 4 N–H and O–H groups in total. The highest BCUT2D eigenvalue weighted by Crippen LogP contribution is 2.33. The Morgan fingerprint density at radius 2 is 1.83 bits per heavy atom. The number of halogens is 2. The molecule has 0 aliphatic heterocycles. The molecule has 1 fully saturated rings. The molecule has 4 rings (SSSR count). The molecule has 1 saturated carbocycles. The number of carboxylic acids is 1. The second kappa shape index (κ2) is 14.2.